The molecule has 0 aliphatic heterocycles. The Morgan fingerprint density at radius 2 is 2.11 bits per heavy atom. The van der Waals surface area contributed by atoms with Gasteiger partial charge < -0.3 is 10.4 Å². The molecule has 0 aromatic carbocycles. The number of rotatable bonds is 5. The molecule has 18 heavy (non-hydrogen) atoms. The SMILES string of the molecule is CC(C)c1ncc(NC(C)C2CC2)c(C(=O)O)n1. The molecular formula is C13H19N3O2. The zero-order valence-electron chi connectivity index (χ0n) is 11.0. The molecule has 2 rings (SSSR count). The van der Waals surface area contributed by atoms with Gasteiger partial charge in [0.2, 0.25) is 0 Å². The Labute approximate surface area is 107 Å². The van der Waals surface area contributed by atoms with Crippen LogP contribution in [0.2, 0.25) is 0 Å². The molecular weight excluding hydrogens is 230 g/mol. The minimum absolute atomic E-state index is 0.0706. The number of nitrogens with zero attached hydrogens (tertiary/aromatic N) is 2. The van der Waals surface area contributed by atoms with Gasteiger partial charge in [-0.1, -0.05) is 13.8 Å². The number of aromatic nitrogens is 2. The summed E-state index contributed by atoms with van der Waals surface area (Å²) < 4.78 is 0. The number of carboxylic acid groups (broad SMARTS) is 1. The zero-order chi connectivity index (χ0) is 13.3. The first-order valence-corrected chi connectivity index (χ1v) is 6.35. The van der Waals surface area contributed by atoms with E-state index in [-0.39, 0.29) is 17.7 Å². The molecule has 2 N–H and O–H groups in total. The molecule has 0 amide bonds. The molecule has 1 unspecified atom stereocenters. The van der Waals surface area contributed by atoms with Crippen molar-refractivity contribution >= 4 is 11.7 Å². The standard InChI is InChI=1S/C13H19N3O2/c1-7(2)12-14-6-10(11(16-12)13(17)18)15-8(3)9-4-5-9/h6-9,15H,4-5H2,1-3H3,(H,17,18). The van der Waals surface area contributed by atoms with Crippen LogP contribution in [0.4, 0.5) is 5.69 Å². The van der Waals surface area contributed by atoms with Gasteiger partial charge in [0.05, 0.1) is 11.9 Å². The van der Waals surface area contributed by atoms with Crippen LogP contribution in [-0.2, 0) is 0 Å². The molecule has 1 heterocycles. The molecule has 1 aromatic rings. The third-order valence-electron chi connectivity index (χ3n) is 3.24. The average molecular weight is 249 g/mol. The Bertz CT molecular complexity index is 456. The van der Waals surface area contributed by atoms with Crippen LogP contribution in [0, 0.1) is 5.92 Å². The van der Waals surface area contributed by atoms with Crippen LogP contribution >= 0.6 is 0 Å². The summed E-state index contributed by atoms with van der Waals surface area (Å²) in [6, 6.07) is 0.275. The Morgan fingerprint density at radius 3 is 2.61 bits per heavy atom. The van der Waals surface area contributed by atoms with Crippen LogP contribution in [0.1, 0.15) is 55.8 Å². The van der Waals surface area contributed by atoms with Gasteiger partial charge in [-0.15, -0.1) is 0 Å². The minimum atomic E-state index is -1.01. The van der Waals surface area contributed by atoms with Gasteiger partial charge in [0.1, 0.15) is 5.82 Å². The highest BCUT2D eigenvalue weighted by Gasteiger charge is 2.29. The fourth-order valence-electron chi connectivity index (χ4n) is 1.90. The highest BCUT2D eigenvalue weighted by atomic mass is 16.4. The molecule has 0 bridgehead atoms. The predicted molar refractivity (Wildman–Crippen MR) is 68.9 cm³/mol. The van der Waals surface area contributed by atoms with Gasteiger partial charge in [0, 0.05) is 12.0 Å². The minimum Gasteiger partial charge on any atom is -0.476 e. The molecule has 98 valence electrons. The maximum atomic E-state index is 11.2. The summed E-state index contributed by atoms with van der Waals surface area (Å²) in [6.07, 6.45) is 4.01. The molecule has 1 aliphatic carbocycles. The second-order valence-electron chi connectivity index (χ2n) is 5.22. The first-order chi connectivity index (χ1) is 8.49. The summed E-state index contributed by atoms with van der Waals surface area (Å²) in [5.41, 5.74) is 0.590. The van der Waals surface area contributed by atoms with Crippen LogP contribution < -0.4 is 5.32 Å². The number of carbonyl (C=O) groups is 1. The highest BCUT2D eigenvalue weighted by Crippen LogP contribution is 2.34. The topological polar surface area (TPSA) is 75.1 Å². The Balaban J connectivity index is 2.25. The van der Waals surface area contributed by atoms with E-state index in [1.54, 1.807) is 6.20 Å². The fourth-order valence-corrected chi connectivity index (χ4v) is 1.90. The number of carboxylic acids is 1. The van der Waals surface area contributed by atoms with Gasteiger partial charge in [-0.3, -0.25) is 0 Å². The van der Waals surface area contributed by atoms with E-state index in [4.69, 9.17) is 0 Å². The molecule has 1 fully saturated rings. The van der Waals surface area contributed by atoms with Crippen LogP contribution in [0.5, 0.6) is 0 Å². The summed E-state index contributed by atoms with van der Waals surface area (Å²) in [6.45, 7) is 5.96. The summed E-state index contributed by atoms with van der Waals surface area (Å²) in [5, 5.41) is 12.4. The van der Waals surface area contributed by atoms with Crippen molar-refractivity contribution in [1.82, 2.24) is 9.97 Å². The smallest absolute Gasteiger partial charge is 0.356 e. The lowest BCUT2D eigenvalue weighted by molar-refractivity contribution is 0.0691. The van der Waals surface area contributed by atoms with E-state index in [9.17, 15) is 9.90 Å². The molecule has 0 radical (unpaired) electrons. The molecule has 1 atom stereocenters. The molecule has 0 saturated heterocycles. The van der Waals surface area contributed by atoms with Crippen LogP contribution in [0.25, 0.3) is 0 Å². The van der Waals surface area contributed by atoms with E-state index in [2.05, 4.69) is 22.2 Å². The second kappa shape index (κ2) is 4.92. The van der Waals surface area contributed by atoms with Gasteiger partial charge >= 0.3 is 5.97 Å². The third-order valence-corrected chi connectivity index (χ3v) is 3.24. The van der Waals surface area contributed by atoms with E-state index < -0.39 is 5.97 Å². The number of hydrogen-bond acceptors (Lipinski definition) is 4. The molecule has 0 spiro atoms. The number of aromatic carboxylic acids is 1. The lowest BCUT2D eigenvalue weighted by Gasteiger charge is -2.16. The van der Waals surface area contributed by atoms with Gasteiger partial charge in [-0.25, -0.2) is 14.8 Å². The summed E-state index contributed by atoms with van der Waals surface area (Å²) in [4.78, 5) is 19.6. The molecule has 1 aromatic heterocycles. The molecule has 1 aliphatic rings. The second-order valence-corrected chi connectivity index (χ2v) is 5.22. The van der Waals surface area contributed by atoms with Crippen molar-refractivity contribution in [1.29, 1.82) is 0 Å². The van der Waals surface area contributed by atoms with Gasteiger partial charge in [0.15, 0.2) is 5.69 Å². The normalized spacial score (nSPS) is 16.7. The van der Waals surface area contributed by atoms with Gasteiger partial charge in [-0.05, 0) is 25.7 Å². The zero-order valence-corrected chi connectivity index (χ0v) is 11.0. The van der Waals surface area contributed by atoms with E-state index >= 15 is 0 Å². The van der Waals surface area contributed by atoms with Crippen molar-refractivity contribution in [2.75, 3.05) is 5.32 Å². The lowest BCUT2D eigenvalue weighted by atomic mass is 10.2. The maximum Gasteiger partial charge on any atom is 0.356 e. The van der Waals surface area contributed by atoms with Crippen LogP contribution in [0.15, 0.2) is 6.20 Å². The van der Waals surface area contributed by atoms with E-state index in [0.717, 1.165) is 0 Å². The van der Waals surface area contributed by atoms with Crippen LogP contribution in [0.3, 0.4) is 0 Å². The van der Waals surface area contributed by atoms with Crippen molar-refractivity contribution < 1.29 is 9.90 Å². The first kappa shape index (κ1) is 12.8. The number of nitrogens with one attached hydrogen (secondary N) is 1. The Kier molecular flexibility index (Phi) is 3.50. The maximum absolute atomic E-state index is 11.2. The average Bonchev–Trinajstić information content (AvgIpc) is 3.12. The Hall–Kier alpha value is -1.65. The van der Waals surface area contributed by atoms with Crippen LogP contribution in [-0.4, -0.2) is 27.1 Å². The lowest BCUT2D eigenvalue weighted by Crippen LogP contribution is -2.21. The van der Waals surface area contributed by atoms with E-state index in [1.807, 2.05) is 13.8 Å². The van der Waals surface area contributed by atoms with E-state index in [1.165, 1.54) is 12.8 Å². The molecule has 5 heteroatoms. The van der Waals surface area contributed by atoms with Gasteiger partial charge in [0.25, 0.3) is 0 Å². The van der Waals surface area contributed by atoms with Crippen molar-refractivity contribution in [2.45, 2.75) is 45.6 Å². The fraction of sp³-hybridized carbons (Fsp3) is 0.615. The quantitative estimate of drug-likeness (QED) is 0.838. The summed E-state index contributed by atoms with van der Waals surface area (Å²) in [7, 11) is 0. The third kappa shape index (κ3) is 2.78. The predicted octanol–water partition coefficient (Wildman–Crippen LogP) is 2.51. The van der Waals surface area contributed by atoms with Crippen molar-refractivity contribution in [3.8, 4) is 0 Å². The monoisotopic (exact) mass is 249 g/mol. The number of anilines is 1. The number of hydrogen-bond donors (Lipinski definition) is 2. The highest BCUT2D eigenvalue weighted by molar-refractivity contribution is 5.91. The largest absolute Gasteiger partial charge is 0.476 e. The Morgan fingerprint density at radius 1 is 1.44 bits per heavy atom. The van der Waals surface area contributed by atoms with Gasteiger partial charge in [-0.2, -0.15) is 0 Å². The van der Waals surface area contributed by atoms with Crippen molar-refractivity contribution in [3.63, 3.8) is 0 Å². The molecule has 1 saturated carbocycles. The van der Waals surface area contributed by atoms with Crippen molar-refractivity contribution in [3.05, 3.63) is 17.7 Å². The van der Waals surface area contributed by atoms with Crippen molar-refractivity contribution in [2.24, 2.45) is 5.92 Å². The van der Waals surface area contributed by atoms with E-state index in [0.29, 0.717) is 17.4 Å². The summed E-state index contributed by atoms with van der Waals surface area (Å²) >= 11 is 0. The molecule has 5 nitrogen and oxygen atoms in total. The first-order valence-electron chi connectivity index (χ1n) is 6.35. The summed E-state index contributed by atoms with van der Waals surface area (Å²) in [5.74, 6) is 0.330.